The summed E-state index contributed by atoms with van der Waals surface area (Å²) in [6.07, 6.45) is 7.34. The fourth-order valence-electron chi connectivity index (χ4n) is 2.30. The van der Waals surface area contributed by atoms with Gasteiger partial charge in [0.25, 0.3) is 17.9 Å². The van der Waals surface area contributed by atoms with Crippen molar-refractivity contribution in [1.82, 2.24) is 0 Å². The topological polar surface area (TPSA) is 78.9 Å². The molecule has 0 radical (unpaired) electrons. The molecule has 0 fully saturated rings. The molecule has 0 spiro atoms. The minimum Gasteiger partial charge on any atom is -0.452 e. The highest BCUT2D eigenvalue weighted by molar-refractivity contribution is 6.73. The van der Waals surface area contributed by atoms with Gasteiger partial charge in [-0.2, -0.15) is 0 Å². The largest absolute Gasteiger partial charge is 0.738 e. The van der Waals surface area contributed by atoms with Gasteiger partial charge >= 0.3 is 8.80 Å². The maximum absolute atomic E-state index is 11.4. The first-order valence-corrected chi connectivity index (χ1v) is 8.86. The first-order chi connectivity index (χ1) is 9.85. The lowest BCUT2D eigenvalue weighted by molar-refractivity contribution is -0.147. The summed E-state index contributed by atoms with van der Waals surface area (Å²) in [5.74, 6) is -1.90. The van der Waals surface area contributed by atoms with Crippen LogP contribution in [-0.2, 0) is 27.7 Å². The van der Waals surface area contributed by atoms with Gasteiger partial charge in [0.05, 0.1) is 0 Å². The zero-order valence-corrected chi connectivity index (χ0v) is 13.8. The number of hydrogen-bond acceptors (Lipinski definition) is 6. The van der Waals surface area contributed by atoms with Crippen molar-refractivity contribution < 1.29 is 27.7 Å². The first kappa shape index (κ1) is 17.4. The molecule has 0 aromatic heterocycles. The van der Waals surface area contributed by atoms with E-state index in [1.807, 2.05) is 6.08 Å². The van der Waals surface area contributed by atoms with Crippen molar-refractivity contribution >= 4 is 26.7 Å². The second kappa shape index (κ2) is 7.97. The van der Waals surface area contributed by atoms with Crippen molar-refractivity contribution in [2.75, 3.05) is 0 Å². The molecule has 21 heavy (non-hydrogen) atoms. The van der Waals surface area contributed by atoms with Gasteiger partial charge in [-0.05, 0) is 25.7 Å². The number of allylic oxidation sites excluding steroid dienone is 2. The number of carbonyl (C=O) groups excluding carboxylic acids is 3. The molecule has 1 aliphatic rings. The third kappa shape index (κ3) is 5.70. The van der Waals surface area contributed by atoms with Crippen LogP contribution in [0.25, 0.3) is 0 Å². The lowest BCUT2D eigenvalue weighted by Gasteiger charge is -2.28. The Morgan fingerprint density at radius 3 is 1.81 bits per heavy atom. The smallest absolute Gasteiger partial charge is 0.452 e. The van der Waals surface area contributed by atoms with E-state index in [1.54, 1.807) is 0 Å². The van der Waals surface area contributed by atoms with Crippen molar-refractivity contribution in [2.24, 2.45) is 0 Å². The lowest BCUT2D eigenvalue weighted by Crippen LogP contribution is -2.51. The molecule has 0 aliphatic heterocycles. The number of hydrogen-bond donors (Lipinski definition) is 0. The molecule has 6 nitrogen and oxygen atoms in total. The monoisotopic (exact) mass is 314 g/mol. The normalized spacial score (nSPS) is 16.0. The van der Waals surface area contributed by atoms with E-state index in [1.165, 1.54) is 20.8 Å². The van der Waals surface area contributed by atoms with Gasteiger partial charge in [-0.1, -0.05) is 18.9 Å². The quantitative estimate of drug-likeness (QED) is 0.742. The Kier molecular flexibility index (Phi) is 6.61. The summed E-state index contributed by atoms with van der Waals surface area (Å²) in [6.45, 7) is 3.62. The van der Waals surface area contributed by atoms with Gasteiger partial charge in [-0.15, -0.1) is 0 Å². The van der Waals surface area contributed by atoms with Crippen molar-refractivity contribution in [2.45, 2.75) is 59.3 Å². The average Bonchev–Trinajstić information content (AvgIpc) is 2.23. The predicted octanol–water partition coefficient (Wildman–Crippen LogP) is 2.43. The Bertz CT molecular complexity index is 402. The van der Waals surface area contributed by atoms with E-state index in [0.29, 0.717) is 11.6 Å². The van der Waals surface area contributed by atoms with Crippen molar-refractivity contribution in [3.05, 3.63) is 11.3 Å². The highest BCUT2D eigenvalue weighted by atomic mass is 28.4. The Morgan fingerprint density at radius 1 is 0.857 bits per heavy atom. The van der Waals surface area contributed by atoms with E-state index in [4.69, 9.17) is 13.3 Å². The van der Waals surface area contributed by atoms with Crippen LogP contribution in [-0.4, -0.2) is 26.7 Å². The summed E-state index contributed by atoms with van der Waals surface area (Å²) in [5, 5.41) is 0.641. The second-order valence-corrected chi connectivity index (χ2v) is 7.39. The summed E-state index contributed by atoms with van der Waals surface area (Å²) in [4.78, 5) is 34.3. The van der Waals surface area contributed by atoms with Gasteiger partial charge in [0.15, 0.2) is 0 Å². The third-order valence-corrected chi connectivity index (χ3v) is 5.93. The van der Waals surface area contributed by atoms with Crippen LogP contribution in [0.4, 0.5) is 0 Å². The SMILES string of the molecule is CC(=O)O[Si](OC(C)=O)(OC(C)=O)C1=CCCCCCC1. The molecule has 0 bridgehead atoms. The Morgan fingerprint density at radius 2 is 1.33 bits per heavy atom. The second-order valence-electron chi connectivity index (χ2n) is 5.02. The van der Waals surface area contributed by atoms with Crippen molar-refractivity contribution in [3.8, 4) is 0 Å². The molecule has 0 N–H and O–H groups in total. The van der Waals surface area contributed by atoms with Crippen molar-refractivity contribution in [1.29, 1.82) is 0 Å². The molecule has 0 unspecified atom stereocenters. The lowest BCUT2D eigenvalue weighted by atomic mass is 10.1. The highest BCUT2D eigenvalue weighted by Crippen LogP contribution is 2.28. The predicted molar refractivity (Wildman–Crippen MR) is 76.8 cm³/mol. The summed E-state index contributed by atoms with van der Waals surface area (Å²) in [5.41, 5.74) is 0. The van der Waals surface area contributed by atoms with Crippen LogP contribution >= 0.6 is 0 Å². The van der Waals surface area contributed by atoms with E-state index in [0.717, 1.165) is 32.1 Å². The molecule has 0 aromatic rings. The van der Waals surface area contributed by atoms with Gasteiger partial charge in [0, 0.05) is 26.0 Å². The maximum atomic E-state index is 11.4. The molecule has 0 heterocycles. The minimum atomic E-state index is -3.83. The van der Waals surface area contributed by atoms with Gasteiger partial charge in [-0.3, -0.25) is 14.4 Å². The summed E-state index contributed by atoms with van der Waals surface area (Å²) in [6, 6.07) is 0. The summed E-state index contributed by atoms with van der Waals surface area (Å²) >= 11 is 0. The van der Waals surface area contributed by atoms with Crippen molar-refractivity contribution in [3.63, 3.8) is 0 Å². The van der Waals surface area contributed by atoms with E-state index in [2.05, 4.69) is 0 Å². The molecule has 118 valence electrons. The van der Waals surface area contributed by atoms with Crippen LogP contribution in [0.2, 0.25) is 0 Å². The van der Waals surface area contributed by atoms with Crippen LogP contribution in [0.15, 0.2) is 11.3 Å². The summed E-state index contributed by atoms with van der Waals surface area (Å²) < 4.78 is 15.7. The molecule has 0 saturated carbocycles. The fourth-order valence-corrected chi connectivity index (χ4v) is 4.83. The molecule has 1 aliphatic carbocycles. The molecule has 0 amide bonds. The molecule has 1 rings (SSSR count). The van der Waals surface area contributed by atoms with Crippen LogP contribution in [0.1, 0.15) is 59.3 Å². The van der Waals surface area contributed by atoms with E-state index >= 15 is 0 Å². The summed E-state index contributed by atoms with van der Waals surface area (Å²) in [7, 11) is -3.83. The maximum Gasteiger partial charge on any atom is 0.738 e. The van der Waals surface area contributed by atoms with E-state index in [9.17, 15) is 14.4 Å². The Balaban J connectivity index is 3.18. The van der Waals surface area contributed by atoms with E-state index in [-0.39, 0.29) is 0 Å². The highest BCUT2D eigenvalue weighted by Gasteiger charge is 2.55. The number of carbonyl (C=O) groups is 3. The van der Waals surface area contributed by atoms with Gasteiger partial charge in [0.1, 0.15) is 0 Å². The molecule has 0 atom stereocenters. The number of rotatable bonds is 4. The van der Waals surface area contributed by atoms with Crippen LogP contribution in [0.5, 0.6) is 0 Å². The van der Waals surface area contributed by atoms with E-state index < -0.39 is 26.7 Å². The molecular formula is C14H22O6Si. The Labute approximate surface area is 125 Å². The third-order valence-electron chi connectivity index (χ3n) is 3.02. The van der Waals surface area contributed by atoms with Crippen LogP contribution in [0, 0.1) is 0 Å². The average molecular weight is 314 g/mol. The zero-order chi connectivity index (χ0) is 15.9. The van der Waals surface area contributed by atoms with Gasteiger partial charge < -0.3 is 13.3 Å². The molecule has 7 heteroatoms. The Hall–Kier alpha value is -1.63. The molecule has 0 aromatic carbocycles. The van der Waals surface area contributed by atoms with Gasteiger partial charge in [0.2, 0.25) is 0 Å². The zero-order valence-electron chi connectivity index (χ0n) is 12.8. The molecule has 0 saturated heterocycles. The minimum absolute atomic E-state index is 0.597. The van der Waals surface area contributed by atoms with Crippen LogP contribution < -0.4 is 0 Å². The fraction of sp³-hybridized carbons (Fsp3) is 0.643. The van der Waals surface area contributed by atoms with Crippen LogP contribution in [0.3, 0.4) is 0 Å². The van der Waals surface area contributed by atoms with Gasteiger partial charge in [-0.25, -0.2) is 0 Å². The molecular weight excluding hydrogens is 292 g/mol. The first-order valence-electron chi connectivity index (χ1n) is 7.14. The standard InChI is InChI=1S/C14H22O6Si/c1-11(15)18-21(19-12(2)16,20-13(3)17)14-9-7-5-4-6-8-10-14/h9H,4-8,10H2,1-3H3.